The van der Waals surface area contributed by atoms with Gasteiger partial charge in [-0.3, -0.25) is 10.5 Å². The van der Waals surface area contributed by atoms with Crippen LogP contribution in [0.1, 0.15) is 90.9 Å². The van der Waals surface area contributed by atoms with Gasteiger partial charge >= 0.3 is 0 Å². The molecule has 0 aromatic carbocycles. The number of hydrogen-bond donors (Lipinski definition) is 3. The van der Waals surface area contributed by atoms with Crippen LogP contribution in [0.4, 0.5) is 0 Å². The molecule has 6 heteroatoms. The van der Waals surface area contributed by atoms with Crippen molar-refractivity contribution < 1.29 is 20.4 Å². The topological polar surface area (TPSA) is 123 Å². The Balaban J connectivity index is 3.49. The largest absolute Gasteiger partial charge is 0.543 e. The van der Waals surface area contributed by atoms with E-state index in [0.717, 1.165) is 12.8 Å². The Labute approximate surface area is 153 Å². The quantitative estimate of drug-likeness (QED) is 0.282. The Bertz CT molecular complexity index is 373. The standard InChI is InChI=1S/C19H39N3O3/c1-3-4-5-6-7-8-9-10-11-12-13-14-15-22-17(23)16(2)19(20,21)18(24)25/h16H,3-15,20-21H2,1-2H3,(H,22,23)(H,24,25). The summed E-state index contributed by atoms with van der Waals surface area (Å²) in [5.74, 6) is -2.82. The third-order valence-corrected chi connectivity index (χ3v) is 4.88. The minimum atomic E-state index is -1.89. The minimum absolute atomic E-state index is 0.384. The van der Waals surface area contributed by atoms with E-state index >= 15 is 0 Å². The summed E-state index contributed by atoms with van der Waals surface area (Å²) < 4.78 is 0. The van der Waals surface area contributed by atoms with Gasteiger partial charge in [-0.25, -0.2) is 0 Å². The number of unbranched alkanes of at least 4 members (excludes halogenated alkanes) is 11. The number of quaternary nitrogens is 1. The maximum Gasteiger partial charge on any atom is 0.231 e. The van der Waals surface area contributed by atoms with Crippen molar-refractivity contribution in [1.82, 2.24) is 5.32 Å². The summed E-state index contributed by atoms with van der Waals surface area (Å²) in [4.78, 5) is 22.8. The van der Waals surface area contributed by atoms with Crippen molar-refractivity contribution in [2.75, 3.05) is 6.54 Å². The fourth-order valence-corrected chi connectivity index (χ4v) is 2.74. The molecular weight excluding hydrogens is 318 g/mol. The van der Waals surface area contributed by atoms with Crippen LogP contribution in [-0.2, 0) is 9.59 Å². The van der Waals surface area contributed by atoms with E-state index in [4.69, 9.17) is 5.73 Å². The van der Waals surface area contributed by atoms with Gasteiger partial charge in [0.25, 0.3) is 0 Å². The van der Waals surface area contributed by atoms with Gasteiger partial charge in [0.2, 0.25) is 5.91 Å². The molecule has 1 amide bonds. The van der Waals surface area contributed by atoms with Crippen molar-refractivity contribution >= 4 is 11.9 Å². The second-order valence-corrected chi connectivity index (χ2v) is 7.23. The number of amides is 1. The summed E-state index contributed by atoms with van der Waals surface area (Å²) in [6, 6.07) is 0. The van der Waals surface area contributed by atoms with Gasteiger partial charge in [0, 0.05) is 6.54 Å². The molecule has 2 atom stereocenters. The molecule has 2 unspecified atom stereocenters. The highest BCUT2D eigenvalue weighted by Gasteiger charge is 2.38. The molecule has 148 valence electrons. The van der Waals surface area contributed by atoms with E-state index in [9.17, 15) is 14.7 Å². The molecular formula is C19H39N3O3. The van der Waals surface area contributed by atoms with E-state index in [1.165, 1.54) is 71.1 Å². The summed E-state index contributed by atoms with van der Waals surface area (Å²) in [5, 5.41) is 13.6. The van der Waals surface area contributed by atoms with Gasteiger partial charge in [0.1, 0.15) is 11.9 Å². The van der Waals surface area contributed by atoms with Crippen LogP contribution in [0.3, 0.4) is 0 Å². The van der Waals surface area contributed by atoms with Gasteiger partial charge in [-0.1, -0.05) is 77.6 Å². The van der Waals surface area contributed by atoms with Crippen molar-refractivity contribution in [3.05, 3.63) is 0 Å². The monoisotopic (exact) mass is 357 g/mol. The molecule has 0 fully saturated rings. The van der Waals surface area contributed by atoms with E-state index in [0.29, 0.717) is 6.54 Å². The lowest BCUT2D eigenvalue weighted by molar-refractivity contribution is -0.493. The van der Waals surface area contributed by atoms with E-state index in [2.05, 4.69) is 18.0 Å². The highest BCUT2D eigenvalue weighted by atomic mass is 16.4. The second kappa shape index (κ2) is 14.1. The molecule has 0 aliphatic rings. The summed E-state index contributed by atoms with van der Waals surface area (Å²) in [6.07, 6.45) is 15.1. The molecule has 25 heavy (non-hydrogen) atoms. The van der Waals surface area contributed by atoms with E-state index in [1.807, 2.05) is 0 Å². The molecule has 0 aliphatic carbocycles. The summed E-state index contributed by atoms with van der Waals surface area (Å²) >= 11 is 0. The first kappa shape index (κ1) is 23.9. The van der Waals surface area contributed by atoms with E-state index in [-0.39, 0.29) is 5.91 Å². The maximum atomic E-state index is 11.9. The highest BCUT2D eigenvalue weighted by Crippen LogP contribution is 2.12. The molecule has 0 saturated carbocycles. The lowest BCUT2D eigenvalue weighted by Gasteiger charge is -2.27. The molecule has 6 N–H and O–H groups in total. The fourth-order valence-electron chi connectivity index (χ4n) is 2.74. The minimum Gasteiger partial charge on any atom is -0.543 e. The Morgan fingerprint density at radius 3 is 1.76 bits per heavy atom. The predicted octanol–water partition coefficient (Wildman–Crippen LogP) is 1.09. The van der Waals surface area contributed by atoms with Crippen LogP contribution in [0.5, 0.6) is 0 Å². The zero-order valence-electron chi connectivity index (χ0n) is 16.3. The van der Waals surface area contributed by atoms with Crippen molar-refractivity contribution in [2.24, 2.45) is 11.7 Å². The number of aliphatic carboxylic acids is 1. The number of carbonyl (C=O) groups excluding carboxylic acids is 2. The third-order valence-electron chi connectivity index (χ3n) is 4.88. The van der Waals surface area contributed by atoms with Crippen LogP contribution in [0.2, 0.25) is 0 Å². The predicted molar refractivity (Wildman–Crippen MR) is 98.1 cm³/mol. The van der Waals surface area contributed by atoms with Gasteiger partial charge in [0.05, 0.1) is 0 Å². The lowest BCUT2D eigenvalue weighted by Crippen LogP contribution is -2.88. The number of carbonyl (C=O) groups is 2. The van der Waals surface area contributed by atoms with Gasteiger partial charge in [-0.15, -0.1) is 0 Å². The van der Waals surface area contributed by atoms with Gasteiger partial charge < -0.3 is 21.0 Å². The Morgan fingerprint density at radius 1 is 0.960 bits per heavy atom. The number of nitrogens with one attached hydrogen (secondary N) is 1. The van der Waals surface area contributed by atoms with Gasteiger partial charge in [-0.05, 0) is 13.3 Å². The van der Waals surface area contributed by atoms with Crippen molar-refractivity contribution in [1.29, 1.82) is 0 Å². The number of carboxylic acids is 1. The van der Waals surface area contributed by atoms with Crippen LogP contribution >= 0.6 is 0 Å². The average Bonchev–Trinajstić information content (AvgIpc) is 2.57. The molecule has 6 nitrogen and oxygen atoms in total. The average molecular weight is 358 g/mol. The summed E-state index contributed by atoms with van der Waals surface area (Å²) in [6.45, 7) is 4.25. The zero-order chi connectivity index (χ0) is 19.1. The van der Waals surface area contributed by atoms with Gasteiger partial charge in [-0.2, -0.15) is 0 Å². The lowest BCUT2D eigenvalue weighted by atomic mass is 9.95. The van der Waals surface area contributed by atoms with Gasteiger partial charge in [0.15, 0.2) is 5.66 Å². The molecule has 0 bridgehead atoms. The van der Waals surface area contributed by atoms with Crippen LogP contribution in [0.15, 0.2) is 0 Å². The first-order chi connectivity index (χ1) is 11.8. The molecule has 0 aromatic rings. The molecule has 0 saturated heterocycles. The number of carboxylic acid groups (broad SMARTS) is 1. The van der Waals surface area contributed by atoms with Crippen molar-refractivity contribution in [3.63, 3.8) is 0 Å². The highest BCUT2D eigenvalue weighted by molar-refractivity contribution is 5.86. The molecule has 0 spiro atoms. The van der Waals surface area contributed by atoms with Crippen LogP contribution in [-0.4, -0.2) is 24.1 Å². The number of hydrogen-bond acceptors (Lipinski definition) is 4. The van der Waals surface area contributed by atoms with E-state index in [1.54, 1.807) is 0 Å². The third kappa shape index (κ3) is 11.2. The van der Waals surface area contributed by atoms with Crippen molar-refractivity contribution in [2.45, 2.75) is 96.6 Å². The first-order valence-electron chi connectivity index (χ1n) is 9.97. The van der Waals surface area contributed by atoms with Crippen molar-refractivity contribution in [3.8, 4) is 0 Å². The number of rotatable bonds is 16. The van der Waals surface area contributed by atoms with Crippen LogP contribution in [0.25, 0.3) is 0 Å². The molecule has 0 aliphatic heterocycles. The van der Waals surface area contributed by atoms with Crippen LogP contribution < -0.4 is 21.9 Å². The Hall–Kier alpha value is -1.14. The zero-order valence-corrected chi connectivity index (χ0v) is 16.3. The Kier molecular flexibility index (Phi) is 13.4. The molecule has 0 rings (SSSR count). The van der Waals surface area contributed by atoms with E-state index < -0.39 is 17.6 Å². The molecule has 0 aromatic heterocycles. The second-order valence-electron chi connectivity index (χ2n) is 7.23. The SMILES string of the molecule is CCCCCCCCCCCCCCNC(=O)C(C)C(N)([NH3+])C(=O)[O-]. The normalized spacial score (nSPS) is 14.7. The smallest absolute Gasteiger partial charge is 0.231 e. The Morgan fingerprint density at radius 2 is 1.36 bits per heavy atom. The molecule has 0 heterocycles. The summed E-state index contributed by atoms with van der Waals surface area (Å²) in [7, 11) is 0. The summed E-state index contributed by atoms with van der Waals surface area (Å²) in [5.41, 5.74) is 6.98. The number of nitrogens with two attached hydrogens (primary N) is 1. The first-order valence-corrected chi connectivity index (χ1v) is 9.97. The maximum absolute atomic E-state index is 11.9. The van der Waals surface area contributed by atoms with Crippen LogP contribution in [0, 0.1) is 5.92 Å². The fraction of sp³-hybridized carbons (Fsp3) is 0.895. The molecule has 0 radical (unpaired) electrons.